The van der Waals surface area contributed by atoms with E-state index >= 15 is 0 Å². The lowest BCUT2D eigenvalue weighted by Crippen LogP contribution is -2.44. The Hall–Kier alpha value is -4.59. The second-order valence-electron chi connectivity index (χ2n) is 11.9. The fourth-order valence-electron chi connectivity index (χ4n) is 7.08. The summed E-state index contributed by atoms with van der Waals surface area (Å²) >= 11 is 0. The summed E-state index contributed by atoms with van der Waals surface area (Å²) in [6.45, 7) is 0. The number of ether oxygens (including phenoxy) is 1. The van der Waals surface area contributed by atoms with Crippen molar-refractivity contribution in [2.75, 3.05) is 12.0 Å². The van der Waals surface area contributed by atoms with Crippen LogP contribution in [0.5, 0.6) is 5.75 Å². The highest BCUT2D eigenvalue weighted by molar-refractivity contribution is 6.22. The number of H-pyrrole nitrogens is 1. The van der Waals surface area contributed by atoms with E-state index in [1.165, 1.54) is 24.2 Å². The summed E-state index contributed by atoms with van der Waals surface area (Å²) in [6, 6.07) is 21.2. The number of aromatic nitrogens is 1. The molecule has 3 heterocycles. The van der Waals surface area contributed by atoms with Crippen LogP contribution in [0.1, 0.15) is 78.2 Å². The van der Waals surface area contributed by atoms with Crippen molar-refractivity contribution in [2.24, 2.45) is 0 Å². The predicted molar refractivity (Wildman–Crippen MR) is 165 cm³/mol. The van der Waals surface area contributed by atoms with E-state index in [0.29, 0.717) is 17.7 Å². The van der Waals surface area contributed by atoms with Crippen LogP contribution in [0.3, 0.4) is 0 Å². The Balaban J connectivity index is 1.19. The molecule has 220 valence electrons. The van der Waals surface area contributed by atoms with Gasteiger partial charge in [-0.15, -0.1) is 0 Å². The maximum atomic E-state index is 14.1. The summed E-state index contributed by atoms with van der Waals surface area (Å²) < 4.78 is 5.37. The number of amides is 4. The molecule has 4 amide bonds. The lowest BCUT2D eigenvalue weighted by atomic mass is 9.89. The van der Waals surface area contributed by atoms with Gasteiger partial charge in [0.05, 0.1) is 12.8 Å². The zero-order chi connectivity index (χ0) is 29.5. The van der Waals surface area contributed by atoms with Gasteiger partial charge in [0.25, 0.3) is 11.8 Å². The van der Waals surface area contributed by atoms with Gasteiger partial charge in [0.1, 0.15) is 17.8 Å². The lowest BCUT2D eigenvalue weighted by molar-refractivity contribution is -0.120. The maximum Gasteiger partial charge on any atom is 0.332 e. The Bertz CT molecular complexity index is 1670. The summed E-state index contributed by atoms with van der Waals surface area (Å²) in [7, 11) is 1.62. The number of anilines is 1. The first-order valence-corrected chi connectivity index (χ1v) is 15.3. The highest BCUT2D eigenvalue weighted by atomic mass is 16.5. The Morgan fingerprint density at radius 3 is 2.30 bits per heavy atom. The molecule has 4 aromatic rings. The lowest BCUT2D eigenvalue weighted by Gasteiger charge is -2.36. The van der Waals surface area contributed by atoms with Crippen LogP contribution >= 0.6 is 0 Å². The highest BCUT2D eigenvalue weighted by Gasteiger charge is 2.53. The molecule has 3 aromatic carbocycles. The van der Waals surface area contributed by atoms with Crippen molar-refractivity contribution >= 4 is 34.4 Å². The monoisotopic (exact) mass is 576 g/mol. The first kappa shape index (κ1) is 27.3. The molecule has 1 saturated carbocycles. The molecular weight excluding hydrogens is 540 g/mol. The molecule has 2 fully saturated rings. The van der Waals surface area contributed by atoms with Crippen molar-refractivity contribution in [2.45, 2.75) is 69.5 Å². The number of methoxy groups -OCH3 is 1. The molecule has 0 radical (unpaired) electrons. The number of imide groups is 1. The largest absolute Gasteiger partial charge is 0.497 e. The number of hydrogen-bond acceptors (Lipinski definition) is 4. The minimum atomic E-state index is -0.645. The van der Waals surface area contributed by atoms with E-state index in [4.69, 9.17) is 4.74 Å². The molecule has 7 rings (SSSR count). The molecule has 2 atom stereocenters. The molecular formula is C35H36N4O4. The first-order chi connectivity index (χ1) is 21.0. The zero-order valence-electron chi connectivity index (χ0n) is 24.3. The third-order valence-electron chi connectivity index (χ3n) is 9.31. The van der Waals surface area contributed by atoms with Crippen LogP contribution in [0, 0.1) is 0 Å². The SMILES string of the molecule is COc1ccc(C2c3[nH]c4ccccc4c3C[C@H]3C(=O)N(c4ccc(C(=O)NC5CCCCCCC5)cc4)C(=O)N23)cc1. The second-order valence-corrected chi connectivity index (χ2v) is 11.9. The standard InChI is InChI=1S/C35H36N4O4/c1-43-26-19-15-22(16-20-26)32-31-28(27-11-7-8-12-29(27)37-31)21-30-34(41)38(35(42)39(30)32)25-17-13-23(14-18-25)33(40)36-24-9-5-3-2-4-6-10-24/h7-8,11-20,24,30,32,37H,2-6,9-10,21H2,1H3,(H,36,40)/t30-,32?/m0/s1. The molecule has 43 heavy (non-hydrogen) atoms. The molecule has 1 aliphatic carbocycles. The quantitative estimate of drug-likeness (QED) is 0.265. The zero-order valence-corrected chi connectivity index (χ0v) is 24.3. The molecule has 3 aliphatic rings. The molecule has 1 saturated heterocycles. The van der Waals surface area contributed by atoms with E-state index in [2.05, 4.69) is 16.4 Å². The Labute approximate surface area is 251 Å². The number of nitrogens with zero attached hydrogens (tertiary/aromatic N) is 2. The Morgan fingerprint density at radius 2 is 1.58 bits per heavy atom. The average Bonchev–Trinajstić information content (AvgIpc) is 3.51. The van der Waals surface area contributed by atoms with Crippen molar-refractivity contribution in [3.63, 3.8) is 0 Å². The van der Waals surface area contributed by atoms with Crippen LogP contribution in [0.2, 0.25) is 0 Å². The summed E-state index contributed by atoms with van der Waals surface area (Å²) in [4.78, 5) is 47.7. The van der Waals surface area contributed by atoms with E-state index in [1.54, 1.807) is 36.3 Å². The average molecular weight is 577 g/mol. The van der Waals surface area contributed by atoms with Crippen LogP contribution in [0.15, 0.2) is 72.8 Å². The highest BCUT2D eigenvalue weighted by Crippen LogP contribution is 2.45. The van der Waals surface area contributed by atoms with Crippen molar-refractivity contribution < 1.29 is 19.1 Å². The number of fused-ring (bicyclic) bond motifs is 4. The van der Waals surface area contributed by atoms with Gasteiger partial charge in [-0.3, -0.25) is 14.5 Å². The molecule has 2 N–H and O–H groups in total. The number of carbonyl (C=O) groups excluding carboxylic acids is 3. The van der Waals surface area contributed by atoms with Crippen LogP contribution in [-0.2, 0) is 11.2 Å². The van der Waals surface area contributed by atoms with Gasteiger partial charge < -0.3 is 15.0 Å². The van der Waals surface area contributed by atoms with Crippen LogP contribution < -0.4 is 15.0 Å². The number of carbonyl (C=O) groups is 3. The van der Waals surface area contributed by atoms with E-state index in [0.717, 1.165) is 59.2 Å². The summed E-state index contributed by atoms with van der Waals surface area (Å²) in [5.41, 5.74) is 4.85. The molecule has 0 bridgehead atoms. The van der Waals surface area contributed by atoms with Gasteiger partial charge >= 0.3 is 6.03 Å². The number of hydrogen-bond donors (Lipinski definition) is 2. The van der Waals surface area contributed by atoms with Gasteiger partial charge in [0.2, 0.25) is 0 Å². The Kier molecular flexibility index (Phi) is 7.13. The van der Waals surface area contributed by atoms with E-state index in [1.807, 2.05) is 42.5 Å². The first-order valence-electron chi connectivity index (χ1n) is 15.3. The van der Waals surface area contributed by atoms with Crippen molar-refractivity contribution in [1.82, 2.24) is 15.2 Å². The maximum absolute atomic E-state index is 14.1. The molecule has 1 unspecified atom stereocenters. The van der Waals surface area contributed by atoms with Gasteiger partial charge in [0, 0.05) is 34.6 Å². The second kappa shape index (κ2) is 11.2. The number of nitrogens with one attached hydrogen (secondary N) is 2. The third kappa shape index (κ3) is 4.84. The van der Waals surface area contributed by atoms with E-state index < -0.39 is 12.1 Å². The molecule has 1 aromatic heterocycles. The third-order valence-corrected chi connectivity index (χ3v) is 9.31. The fourth-order valence-corrected chi connectivity index (χ4v) is 7.08. The van der Waals surface area contributed by atoms with Crippen molar-refractivity contribution in [3.8, 4) is 5.75 Å². The van der Waals surface area contributed by atoms with Crippen molar-refractivity contribution in [3.05, 3.63) is 95.2 Å². The smallest absolute Gasteiger partial charge is 0.332 e. The van der Waals surface area contributed by atoms with Gasteiger partial charge in [-0.25, -0.2) is 9.69 Å². The van der Waals surface area contributed by atoms with Crippen LogP contribution in [0.4, 0.5) is 10.5 Å². The van der Waals surface area contributed by atoms with E-state index in [-0.39, 0.29) is 23.9 Å². The number of urea groups is 1. The molecule has 8 nitrogen and oxygen atoms in total. The van der Waals surface area contributed by atoms with Gasteiger partial charge in [0.15, 0.2) is 0 Å². The summed E-state index contributed by atoms with van der Waals surface area (Å²) in [5, 5.41) is 4.26. The topological polar surface area (TPSA) is 94.7 Å². The molecule has 2 aliphatic heterocycles. The van der Waals surface area contributed by atoms with Crippen LogP contribution in [0.25, 0.3) is 10.9 Å². The number of para-hydroxylation sites is 1. The normalized spacial score (nSPS) is 20.9. The molecule has 8 heteroatoms. The van der Waals surface area contributed by atoms with Gasteiger partial charge in [-0.2, -0.15) is 0 Å². The predicted octanol–water partition coefficient (Wildman–Crippen LogP) is 6.50. The number of aromatic amines is 1. The number of rotatable bonds is 5. The van der Waals surface area contributed by atoms with Gasteiger partial charge in [-0.05, 0) is 66.4 Å². The van der Waals surface area contributed by atoms with Gasteiger partial charge in [-0.1, -0.05) is 62.4 Å². The van der Waals surface area contributed by atoms with Crippen LogP contribution in [-0.4, -0.2) is 46.9 Å². The molecule has 0 spiro atoms. The van der Waals surface area contributed by atoms with Crippen molar-refractivity contribution in [1.29, 1.82) is 0 Å². The number of benzene rings is 3. The minimum Gasteiger partial charge on any atom is -0.497 e. The Morgan fingerprint density at radius 1 is 0.884 bits per heavy atom. The summed E-state index contributed by atoms with van der Waals surface area (Å²) in [5.74, 6) is 0.349. The fraction of sp³-hybridized carbons (Fsp3) is 0.343. The minimum absolute atomic E-state index is 0.112. The summed E-state index contributed by atoms with van der Waals surface area (Å²) in [6.07, 6.45) is 8.42. The van der Waals surface area contributed by atoms with E-state index in [9.17, 15) is 14.4 Å².